The van der Waals surface area contributed by atoms with Crippen LogP contribution in [0.4, 0.5) is 0 Å². The van der Waals surface area contributed by atoms with Gasteiger partial charge in [0.15, 0.2) is 0 Å². The lowest BCUT2D eigenvalue weighted by Crippen LogP contribution is -1.88. The highest BCUT2D eigenvalue weighted by Gasteiger charge is 1.86. The Bertz CT molecular complexity index is 139. The minimum Gasteiger partial charge on any atom is -0.298 e. The van der Waals surface area contributed by atoms with Crippen molar-refractivity contribution in [2.45, 2.75) is 33.6 Å². The van der Waals surface area contributed by atoms with Crippen molar-refractivity contribution in [3.8, 4) is 0 Å². The summed E-state index contributed by atoms with van der Waals surface area (Å²) >= 11 is 0. The Morgan fingerprint density at radius 2 is 1.90 bits per heavy atom. The monoisotopic (exact) mass is 139 g/mol. The van der Waals surface area contributed by atoms with Crippen LogP contribution in [0, 0.1) is 0 Å². The van der Waals surface area contributed by atoms with E-state index in [2.05, 4.69) is 31.8 Å². The Labute approximate surface area is 63.9 Å². The Balaban J connectivity index is 3.47. The lowest BCUT2D eigenvalue weighted by atomic mass is 10.2. The van der Waals surface area contributed by atoms with E-state index in [-0.39, 0.29) is 0 Å². The molecule has 0 aromatic rings. The fourth-order valence-corrected chi connectivity index (χ4v) is 0.682. The SMILES string of the molecule is CN=C(C)CCC=C(C)C. The molecule has 0 aliphatic carbocycles. The third kappa shape index (κ3) is 5.54. The summed E-state index contributed by atoms with van der Waals surface area (Å²) in [5.74, 6) is 0. The first-order chi connectivity index (χ1) is 4.66. The number of hydrogen-bond acceptors (Lipinski definition) is 1. The van der Waals surface area contributed by atoms with E-state index >= 15 is 0 Å². The van der Waals surface area contributed by atoms with Gasteiger partial charge in [0.05, 0.1) is 0 Å². The molecule has 0 rings (SSSR count). The minimum absolute atomic E-state index is 1.10. The molecule has 0 saturated heterocycles. The molecule has 0 saturated carbocycles. The van der Waals surface area contributed by atoms with E-state index in [1.807, 2.05) is 7.05 Å². The van der Waals surface area contributed by atoms with Gasteiger partial charge in [-0.1, -0.05) is 11.6 Å². The Hall–Kier alpha value is -0.590. The fraction of sp³-hybridized carbons (Fsp3) is 0.667. The molecule has 0 aliphatic rings. The second-order valence-corrected chi connectivity index (χ2v) is 2.78. The quantitative estimate of drug-likeness (QED) is 0.421. The predicted octanol–water partition coefficient (Wildman–Crippen LogP) is 2.82. The molecule has 1 nitrogen and oxygen atoms in total. The molecule has 0 radical (unpaired) electrons. The van der Waals surface area contributed by atoms with Gasteiger partial charge in [-0.3, -0.25) is 4.99 Å². The summed E-state index contributed by atoms with van der Waals surface area (Å²) in [5.41, 5.74) is 2.63. The first-order valence-corrected chi connectivity index (χ1v) is 3.72. The molecule has 0 unspecified atom stereocenters. The van der Waals surface area contributed by atoms with Crippen molar-refractivity contribution in [3.63, 3.8) is 0 Å². The zero-order chi connectivity index (χ0) is 7.98. The molecule has 0 atom stereocenters. The number of allylic oxidation sites excluding steroid dienone is 2. The number of aliphatic imine (C=N–C) groups is 1. The maximum atomic E-state index is 4.07. The molecule has 0 N–H and O–H groups in total. The van der Waals surface area contributed by atoms with E-state index in [0.717, 1.165) is 12.8 Å². The van der Waals surface area contributed by atoms with Crippen LogP contribution in [-0.2, 0) is 0 Å². The third-order valence-electron chi connectivity index (χ3n) is 1.44. The van der Waals surface area contributed by atoms with Gasteiger partial charge in [0, 0.05) is 12.8 Å². The van der Waals surface area contributed by atoms with Crippen LogP contribution in [0.25, 0.3) is 0 Å². The van der Waals surface area contributed by atoms with Crippen molar-refractivity contribution >= 4 is 5.71 Å². The van der Waals surface area contributed by atoms with E-state index in [9.17, 15) is 0 Å². The molecule has 0 bridgehead atoms. The molecule has 10 heavy (non-hydrogen) atoms. The first-order valence-electron chi connectivity index (χ1n) is 3.72. The Kier molecular flexibility index (Phi) is 4.91. The summed E-state index contributed by atoms with van der Waals surface area (Å²) < 4.78 is 0. The molecule has 0 heterocycles. The van der Waals surface area contributed by atoms with Crippen molar-refractivity contribution in [2.24, 2.45) is 4.99 Å². The van der Waals surface area contributed by atoms with E-state index in [1.54, 1.807) is 0 Å². The smallest absolute Gasteiger partial charge is 0.0276 e. The van der Waals surface area contributed by atoms with Crippen molar-refractivity contribution in [3.05, 3.63) is 11.6 Å². The van der Waals surface area contributed by atoms with Crippen molar-refractivity contribution in [1.82, 2.24) is 0 Å². The average Bonchev–Trinajstić information content (AvgIpc) is 1.87. The maximum absolute atomic E-state index is 4.07. The van der Waals surface area contributed by atoms with E-state index in [1.165, 1.54) is 11.3 Å². The molecule has 0 aromatic heterocycles. The Morgan fingerprint density at radius 1 is 1.30 bits per heavy atom. The van der Waals surface area contributed by atoms with Crippen LogP contribution in [-0.4, -0.2) is 12.8 Å². The van der Waals surface area contributed by atoms with E-state index in [4.69, 9.17) is 0 Å². The van der Waals surface area contributed by atoms with Gasteiger partial charge < -0.3 is 0 Å². The van der Waals surface area contributed by atoms with Crippen LogP contribution < -0.4 is 0 Å². The molecule has 58 valence electrons. The normalized spacial score (nSPS) is 11.4. The van der Waals surface area contributed by atoms with Crippen LogP contribution >= 0.6 is 0 Å². The third-order valence-corrected chi connectivity index (χ3v) is 1.44. The summed E-state index contributed by atoms with van der Waals surface area (Å²) in [7, 11) is 1.85. The van der Waals surface area contributed by atoms with Gasteiger partial charge in [0.2, 0.25) is 0 Å². The largest absolute Gasteiger partial charge is 0.298 e. The molecule has 0 amide bonds. The number of hydrogen-bond donors (Lipinski definition) is 0. The van der Waals surface area contributed by atoms with Crippen molar-refractivity contribution < 1.29 is 0 Å². The summed E-state index contributed by atoms with van der Waals surface area (Å²) in [6.07, 6.45) is 4.47. The van der Waals surface area contributed by atoms with Gasteiger partial charge in [-0.15, -0.1) is 0 Å². The minimum atomic E-state index is 1.10. The number of nitrogens with zero attached hydrogens (tertiary/aromatic N) is 1. The molecule has 0 fully saturated rings. The molecule has 0 aliphatic heterocycles. The molecular weight excluding hydrogens is 122 g/mol. The van der Waals surface area contributed by atoms with E-state index in [0.29, 0.717) is 0 Å². The van der Waals surface area contributed by atoms with Crippen molar-refractivity contribution in [2.75, 3.05) is 7.05 Å². The molecular formula is C9H17N. The summed E-state index contributed by atoms with van der Waals surface area (Å²) in [5, 5.41) is 0. The topological polar surface area (TPSA) is 12.4 Å². The lowest BCUT2D eigenvalue weighted by Gasteiger charge is -1.94. The zero-order valence-corrected chi connectivity index (χ0v) is 7.44. The van der Waals surface area contributed by atoms with Gasteiger partial charge in [0.25, 0.3) is 0 Å². The average molecular weight is 139 g/mol. The maximum Gasteiger partial charge on any atom is 0.0276 e. The second kappa shape index (κ2) is 5.21. The Morgan fingerprint density at radius 3 is 2.30 bits per heavy atom. The van der Waals surface area contributed by atoms with E-state index < -0.39 is 0 Å². The lowest BCUT2D eigenvalue weighted by molar-refractivity contribution is 1.06. The zero-order valence-electron chi connectivity index (χ0n) is 7.44. The molecule has 0 spiro atoms. The summed E-state index contributed by atoms with van der Waals surface area (Å²) in [6.45, 7) is 6.32. The highest BCUT2D eigenvalue weighted by atomic mass is 14.7. The van der Waals surface area contributed by atoms with Gasteiger partial charge in [-0.25, -0.2) is 0 Å². The second-order valence-electron chi connectivity index (χ2n) is 2.78. The van der Waals surface area contributed by atoms with Gasteiger partial charge in [0.1, 0.15) is 0 Å². The predicted molar refractivity (Wildman–Crippen MR) is 47.7 cm³/mol. The number of rotatable bonds is 3. The molecule has 1 heteroatoms. The van der Waals surface area contributed by atoms with Crippen LogP contribution in [0.2, 0.25) is 0 Å². The van der Waals surface area contributed by atoms with Crippen LogP contribution in [0.15, 0.2) is 16.6 Å². The fourth-order valence-electron chi connectivity index (χ4n) is 0.682. The van der Waals surface area contributed by atoms with Gasteiger partial charge in [-0.05, 0) is 33.6 Å². The standard InChI is InChI=1S/C9H17N/c1-8(2)6-5-7-9(3)10-4/h6H,5,7H2,1-4H3. The van der Waals surface area contributed by atoms with Crippen LogP contribution in [0.5, 0.6) is 0 Å². The van der Waals surface area contributed by atoms with Crippen molar-refractivity contribution in [1.29, 1.82) is 0 Å². The van der Waals surface area contributed by atoms with Crippen LogP contribution in [0.3, 0.4) is 0 Å². The van der Waals surface area contributed by atoms with Gasteiger partial charge in [-0.2, -0.15) is 0 Å². The van der Waals surface area contributed by atoms with Gasteiger partial charge >= 0.3 is 0 Å². The summed E-state index contributed by atoms with van der Waals surface area (Å²) in [6, 6.07) is 0. The highest BCUT2D eigenvalue weighted by molar-refractivity contribution is 5.81. The molecule has 0 aromatic carbocycles. The highest BCUT2D eigenvalue weighted by Crippen LogP contribution is 1.98. The van der Waals surface area contributed by atoms with Crippen LogP contribution in [0.1, 0.15) is 33.6 Å². The summed E-state index contributed by atoms with van der Waals surface area (Å²) in [4.78, 5) is 4.07. The first kappa shape index (κ1) is 9.41.